The molecule has 2 rings (SSSR count). The van der Waals surface area contributed by atoms with Gasteiger partial charge < -0.3 is 5.32 Å². The molecule has 1 N–H and O–H groups in total. The summed E-state index contributed by atoms with van der Waals surface area (Å²) in [4.78, 5) is 4.11. The van der Waals surface area contributed by atoms with Gasteiger partial charge in [-0.15, -0.1) is 0 Å². The molecule has 0 fully saturated rings. The number of hydrogen-bond acceptors (Lipinski definition) is 2. The van der Waals surface area contributed by atoms with E-state index < -0.39 is 0 Å². The Balaban J connectivity index is 1.99. The van der Waals surface area contributed by atoms with Gasteiger partial charge in [-0.2, -0.15) is 0 Å². The monoisotopic (exact) mass is 272 g/mol. The Labute approximate surface area is 120 Å². The first-order valence-electron chi connectivity index (χ1n) is 6.89. The Morgan fingerprint density at radius 2 is 1.85 bits per heavy atom. The smallest absolute Gasteiger partial charge is 0.141 e. The summed E-state index contributed by atoms with van der Waals surface area (Å²) in [6.07, 6.45) is 1.26. The SMILES string of the molecule is CC(NCC(C)(C)c1ccccc1)c1ccc(F)cn1. The van der Waals surface area contributed by atoms with Gasteiger partial charge in [0.15, 0.2) is 0 Å². The predicted octanol–water partition coefficient (Wildman–Crippen LogP) is 3.85. The molecule has 20 heavy (non-hydrogen) atoms. The zero-order valence-electron chi connectivity index (χ0n) is 12.2. The van der Waals surface area contributed by atoms with Crippen LogP contribution in [0.2, 0.25) is 0 Å². The summed E-state index contributed by atoms with van der Waals surface area (Å²) >= 11 is 0. The maximum Gasteiger partial charge on any atom is 0.141 e. The Morgan fingerprint density at radius 3 is 2.45 bits per heavy atom. The van der Waals surface area contributed by atoms with Crippen LogP contribution in [0.5, 0.6) is 0 Å². The second-order valence-corrected chi connectivity index (χ2v) is 5.75. The second-order valence-electron chi connectivity index (χ2n) is 5.75. The minimum absolute atomic E-state index is 0.0373. The summed E-state index contributed by atoms with van der Waals surface area (Å²) in [5.41, 5.74) is 2.19. The summed E-state index contributed by atoms with van der Waals surface area (Å²) < 4.78 is 12.9. The van der Waals surface area contributed by atoms with Gasteiger partial charge in [0.2, 0.25) is 0 Å². The van der Waals surface area contributed by atoms with Gasteiger partial charge in [0, 0.05) is 18.0 Å². The van der Waals surface area contributed by atoms with E-state index in [2.05, 4.69) is 48.4 Å². The Bertz CT molecular complexity index is 535. The minimum Gasteiger partial charge on any atom is -0.308 e. The highest BCUT2D eigenvalue weighted by Crippen LogP contribution is 2.23. The lowest BCUT2D eigenvalue weighted by atomic mass is 9.84. The number of hydrogen-bond donors (Lipinski definition) is 1. The zero-order chi connectivity index (χ0) is 14.6. The molecule has 1 aromatic heterocycles. The average molecular weight is 272 g/mol. The van der Waals surface area contributed by atoms with Gasteiger partial charge in [-0.3, -0.25) is 4.98 Å². The lowest BCUT2D eigenvalue weighted by Crippen LogP contribution is -2.34. The van der Waals surface area contributed by atoms with Crippen LogP contribution in [-0.2, 0) is 5.41 Å². The van der Waals surface area contributed by atoms with Crippen LogP contribution in [0.1, 0.15) is 38.1 Å². The summed E-state index contributed by atoms with van der Waals surface area (Å²) in [7, 11) is 0. The molecule has 0 spiro atoms. The van der Waals surface area contributed by atoms with Gasteiger partial charge in [-0.25, -0.2) is 4.39 Å². The van der Waals surface area contributed by atoms with E-state index in [0.717, 1.165) is 12.2 Å². The molecule has 0 aliphatic carbocycles. The highest BCUT2D eigenvalue weighted by Gasteiger charge is 2.21. The first kappa shape index (κ1) is 14.7. The van der Waals surface area contributed by atoms with Crippen LogP contribution in [0.4, 0.5) is 4.39 Å². The standard InChI is InChI=1S/C17H21FN2/c1-13(16-10-9-15(18)11-19-16)20-12-17(2,3)14-7-5-4-6-8-14/h4-11,13,20H,12H2,1-3H3. The number of aromatic nitrogens is 1. The molecule has 1 heterocycles. The number of halogens is 1. The number of rotatable bonds is 5. The molecule has 0 aliphatic heterocycles. The molecule has 3 heteroatoms. The molecule has 0 bridgehead atoms. The van der Waals surface area contributed by atoms with Crippen LogP contribution in [0.3, 0.4) is 0 Å². The second kappa shape index (κ2) is 6.14. The summed E-state index contributed by atoms with van der Waals surface area (Å²) in [5.74, 6) is -0.300. The van der Waals surface area contributed by atoms with E-state index in [1.807, 2.05) is 13.0 Å². The van der Waals surface area contributed by atoms with Crippen molar-refractivity contribution in [1.29, 1.82) is 0 Å². The summed E-state index contributed by atoms with van der Waals surface area (Å²) in [5, 5.41) is 3.47. The number of pyridine rings is 1. The van der Waals surface area contributed by atoms with Crippen molar-refractivity contribution < 1.29 is 4.39 Å². The van der Waals surface area contributed by atoms with E-state index in [1.54, 1.807) is 6.07 Å². The van der Waals surface area contributed by atoms with E-state index >= 15 is 0 Å². The molecule has 1 atom stereocenters. The van der Waals surface area contributed by atoms with Crippen molar-refractivity contribution in [3.63, 3.8) is 0 Å². The van der Waals surface area contributed by atoms with Crippen molar-refractivity contribution in [3.8, 4) is 0 Å². The molecule has 2 nitrogen and oxygen atoms in total. The first-order chi connectivity index (χ1) is 9.49. The highest BCUT2D eigenvalue weighted by molar-refractivity contribution is 5.24. The van der Waals surface area contributed by atoms with Crippen molar-refractivity contribution in [2.24, 2.45) is 0 Å². The average Bonchev–Trinajstić information content (AvgIpc) is 2.46. The van der Waals surface area contributed by atoms with Gasteiger partial charge in [0.05, 0.1) is 11.9 Å². The maximum absolute atomic E-state index is 12.9. The fraction of sp³-hybridized carbons (Fsp3) is 0.353. The van der Waals surface area contributed by atoms with Crippen molar-refractivity contribution in [1.82, 2.24) is 10.3 Å². The van der Waals surface area contributed by atoms with E-state index in [-0.39, 0.29) is 17.3 Å². The van der Waals surface area contributed by atoms with Gasteiger partial charge in [-0.05, 0) is 24.6 Å². The van der Waals surface area contributed by atoms with E-state index in [1.165, 1.54) is 17.8 Å². The highest BCUT2D eigenvalue weighted by atomic mass is 19.1. The third kappa shape index (κ3) is 3.64. The van der Waals surface area contributed by atoms with E-state index in [9.17, 15) is 4.39 Å². The third-order valence-electron chi connectivity index (χ3n) is 3.60. The maximum atomic E-state index is 12.9. The van der Waals surface area contributed by atoms with Gasteiger partial charge >= 0.3 is 0 Å². The van der Waals surface area contributed by atoms with E-state index in [0.29, 0.717) is 0 Å². The number of nitrogens with zero attached hydrogens (tertiary/aromatic N) is 1. The zero-order valence-corrected chi connectivity index (χ0v) is 12.2. The van der Waals surface area contributed by atoms with E-state index in [4.69, 9.17) is 0 Å². The van der Waals surface area contributed by atoms with Crippen LogP contribution >= 0.6 is 0 Å². The first-order valence-corrected chi connectivity index (χ1v) is 6.89. The van der Waals surface area contributed by atoms with Crippen molar-refractivity contribution in [2.75, 3.05) is 6.54 Å². The van der Waals surface area contributed by atoms with Crippen LogP contribution < -0.4 is 5.32 Å². The summed E-state index contributed by atoms with van der Waals surface area (Å²) in [6, 6.07) is 13.7. The van der Waals surface area contributed by atoms with Crippen molar-refractivity contribution in [2.45, 2.75) is 32.2 Å². The number of nitrogens with one attached hydrogen (secondary N) is 1. The molecule has 1 aromatic carbocycles. The van der Waals surface area contributed by atoms with Crippen LogP contribution in [-0.4, -0.2) is 11.5 Å². The molecule has 1 unspecified atom stereocenters. The van der Waals surface area contributed by atoms with Crippen LogP contribution in [0.15, 0.2) is 48.7 Å². The molecule has 0 saturated heterocycles. The Kier molecular flexibility index (Phi) is 4.50. The predicted molar refractivity (Wildman–Crippen MR) is 80.1 cm³/mol. The van der Waals surface area contributed by atoms with Crippen molar-refractivity contribution >= 4 is 0 Å². The van der Waals surface area contributed by atoms with Crippen LogP contribution in [0, 0.1) is 5.82 Å². The third-order valence-corrected chi connectivity index (χ3v) is 3.60. The summed E-state index contributed by atoms with van der Waals surface area (Å²) in [6.45, 7) is 7.29. The molecule has 0 amide bonds. The fourth-order valence-electron chi connectivity index (χ4n) is 2.15. The molecule has 0 saturated carbocycles. The molecule has 2 aromatic rings. The lowest BCUT2D eigenvalue weighted by molar-refractivity contribution is 0.431. The fourth-order valence-corrected chi connectivity index (χ4v) is 2.15. The van der Waals surface area contributed by atoms with Crippen LogP contribution in [0.25, 0.3) is 0 Å². The largest absolute Gasteiger partial charge is 0.308 e. The van der Waals surface area contributed by atoms with Crippen molar-refractivity contribution in [3.05, 3.63) is 65.7 Å². The minimum atomic E-state index is -0.300. The van der Waals surface area contributed by atoms with Gasteiger partial charge in [-0.1, -0.05) is 44.2 Å². The van der Waals surface area contributed by atoms with Gasteiger partial charge in [0.25, 0.3) is 0 Å². The normalized spacial score (nSPS) is 13.2. The molecular formula is C17H21FN2. The topological polar surface area (TPSA) is 24.9 Å². The molecular weight excluding hydrogens is 251 g/mol. The number of benzene rings is 1. The molecule has 0 radical (unpaired) electrons. The molecule has 106 valence electrons. The van der Waals surface area contributed by atoms with Gasteiger partial charge in [0.1, 0.15) is 5.82 Å². The molecule has 0 aliphatic rings. The quantitative estimate of drug-likeness (QED) is 0.894. The Hall–Kier alpha value is -1.74. The lowest BCUT2D eigenvalue weighted by Gasteiger charge is -2.27. The Morgan fingerprint density at radius 1 is 1.15 bits per heavy atom.